The van der Waals surface area contributed by atoms with Crippen molar-refractivity contribution >= 4 is 5.97 Å². The largest absolute Gasteiger partial charge is 0.478 e. The second kappa shape index (κ2) is 4.02. The molecule has 0 aliphatic carbocycles. The second-order valence-electron chi connectivity index (χ2n) is 2.78. The molecule has 3 nitrogen and oxygen atoms in total. The molecule has 0 aliphatic rings. The number of halogens is 1. The van der Waals surface area contributed by atoms with Gasteiger partial charge in [0.05, 0.1) is 5.57 Å². The van der Waals surface area contributed by atoms with Crippen molar-refractivity contribution in [2.75, 3.05) is 0 Å². The van der Waals surface area contributed by atoms with E-state index in [0.717, 1.165) is 12.1 Å². The molecule has 0 spiro atoms. The molecule has 0 aromatic heterocycles. The lowest BCUT2D eigenvalue weighted by atomic mass is 10.0. The Kier molecular flexibility index (Phi) is 2.99. The Balaban J connectivity index is 2.89. The van der Waals surface area contributed by atoms with E-state index in [1.54, 1.807) is 0 Å². The molecule has 0 fully saturated rings. The van der Waals surface area contributed by atoms with Crippen molar-refractivity contribution in [3.63, 3.8) is 0 Å². The van der Waals surface area contributed by atoms with Crippen LogP contribution in [0.5, 0.6) is 0 Å². The van der Waals surface area contributed by atoms with Crippen molar-refractivity contribution in [1.82, 2.24) is 0 Å². The van der Waals surface area contributed by atoms with Gasteiger partial charge in [-0.25, -0.2) is 9.18 Å². The molecular formula is C10H9FO3. The van der Waals surface area contributed by atoms with Crippen LogP contribution >= 0.6 is 0 Å². The molecular weight excluding hydrogens is 187 g/mol. The molecule has 4 heteroatoms. The van der Waals surface area contributed by atoms with Crippen molar-refractivity contribution in [2.24, 2.45) is 0 Å². The molecule has 0 saturated carbocycles. The molecule has 1 aromatic rings. The van der Waals surface area contributed by atoms with Gasteiger partial charge in [-0.1, -0.05) is 18.7 Å². The fourth-order valence-electron chi connectivity index (χ4n) is 0.963. The topological polar surface area (TPSA) is 57.5 Å². The van der Waals surface area contributed by atoms with Gasteiger partial charge in [0, 0.05) is 0 Å². The number of rotatable bonds is 3. The predicted octanol–water partition coefficient (Wildman–Crippen LogP) is 1.50. The van der Waals surface area contributed by atoms with Crippen LogP contribution in [0.3, 0.4) is 0 Å². The number of carboxylic acids is 1. The molecule has 0 saturated heterocycles. The highest BCUT2D eigenvalue weighted by molar-refractivity contribution is 5.87. The number of carbonyl (C=O) groups is 1. The SMILES string of the molecule is C=C(C(=O)O)[C@H](O)c1ccc(F)cc1. The molecule has 1 atom stereocenters. The zero-order valence-corrected chi connectivity index (χ0v) is 7.27. The van der Waals surface area contributed by atoms with E-state index in [4.69, 9.17) is 5.11 Å². The lowest BCUT2D eigenvalue weighted by Crippen LogP contribution is -2.09. The maximum absolute atomic E-state index is 12.5. The lowest BCUT2D eigenvalue weighted by molar-refractivity contribution is -0.133. The molecule has 14 heavy (non-hydrogen) atoms. The van der Waals surface area contributed by atoms with Gasteiger partial charge < -0.3 is 10.2 Å². The molecule has 1 rings (SSSR count). The Hall–Kier alpha value is -1.68. The third kappa shape index (κ3) is 2.17. The molecule has 2 N–H and O–H groups in total. The summed E-state index contributed by atoms with van der Waals surface area (Å²) in [5, 5.41) is 18.0. The smallest absolute Gasteiger partial charge is 0.333 e. The van der Waals surface area contributed by atoms with E-state index in [9.17, 15) is 14.3 Å². The number of aliphatic hydroxyl groups is 1. The molecule has 74 valence electrons. The Bertz CT molecular complexity index is 356. The fourth-order valence-corrected chi connectivity index (χ4v) is 0.963. The zero-order valence-electron chi connectivity index (χ0n) is 7.27. The van der Waals surface area contributed by atoms with Gasteiger partial charge in [0.15, 0.2) is 0 Å². The summed E-state index contributed by atoms with van der Waals surface area (Å²) < 4.78 is 12.5. The normalized spacial score (nSPS) is 12.1. The van der Waals surface area contributed by atoms with Crippen LogP contribution in [-0.4, -0.2) is 16.2 Å². The zero-order chi connectivity index (χ0) is 10.7. The molecule has 1 aromatic carbocycles. The van der Waals surface area contributed by atoms with Crippen LogP contribution in [0.15, 0.2) is 36.4 Å². The summed E-state index contributed by atoms with van der Waals surface area (Å²) in [5.74, 6) is -1.72. The fraction of sp³-hybridized carbons (Fsp3) is 0.100. The van der Waals surface area contributed by atoms with Crippen molar-refractivity contribution < 1.29 is 19.4 Å². The first-order valence-electron chi connectivity index (χ1n) is 3.88. The molecule has 0 heterocycles. The average Bonchev–Trinajstić information content (AvgIpc) is 2.16. The van der Waals surface area contributed by atoms with Gasteiger partial charge in [-0.05, 0) is 17.7 Å². The van der Waals surface area contributed by atoms with E-state index in [1.165, 1.54) is 12.1 Å². The summed E-state index contributed by atoms with van der Waals surface area (Å²) >= 11 is 0. The summed E-state index contributed by atoms with van der Waals surface area (Å²) in [4.78, 5) is 10.4. The van der Waals surface area contributed by atoms with Crippen LogP contribution in [0.2, 0.25) is 0 Å². The molecule has 0 unspecified atom stereocenters. The highest BCUT2D eigenvalue weighted by Gasteiger charge is 2.16. The monoisotopic (exact) mass is 196 g/mol. The van der Waals surface area contributed by atoms with Gasteiger partial charge in [0.2, 0.25) is 0 Å². The van der Waals surface area contributed by atoms with Crippen LogP contribution in [0, 0.1) is 5.82 Å². The average molecular weight is 196 g/mol. The van der Waals surface area contributed by atoms with Gasteiger partial charge in [-0.2, -0.15) is 0 Å². The third-order valence-electron chi connectivity index (χ3n) is 1.79. The first-order chi connectivity index (χ1) is 6.52. The lowest BCUT2D eigenvalue weighted by Gasteiger charge is -2.09. The Morgan fingerprint density at radius 3 is 2.29 bits per heavy atom. The van der Waals surface area contributed by atoms with Crippen molar-refractivity contribution in [3.8, 4) is 0 Å². The summed E-state index contributed by atoms with van der Waals surface area (Å²) in [6.07, 6.45) is -1.30. The second-order valence-corrected chi connectivity index (χ2v) is 2.78. The molecule has 0 bridgehead atoms. The van der Waals surface area contributed by atoms with Gasteiger partial charge in [0.1, 0.15) is 11.9 Å². The van der Waals surface area contributed by atoms with Crippen molar-refractivity contribution in [3.05, 3.63) is 47.8 Å². The van der Waals surface area contributed by atoms with E-state index < -0.39 is 17.9 Å². The third-order valence-corrected chi connectivity index (χ3v) is 1.79. The van der Waals surface area contributed by atoms with Gasteiger partial charge in [-0.3, -0.25) is 0 Å². The minimum atomic E-state index is -1.30. The maximum atomic E-state index is 12.5. The number of benzene rings is 1. The van der Waals surface area contributed by atoms with E-state index in [1.807, 2.05) is 0 Å². The quantitative estimate of drug-likeness (QED) is 0.720. The summed E-state index contributed by atoms with van der Waals surface area (Å²) in [6, 6.07) is 4.92. The molecule has 0 radical (unpaired) electrons. The highest BCUT2D eigenvalue weighted by atomic mass is 19.1. The predicted molar refractivity (Wildman–Crippen MR) is 48.1 cm³/mol. The van der Waals surface area contributed by atoms with Crippen LogP contribution in [0.25, 0.3) is 0 Å². The number of aliphatic carboxylic acids is 1. The van der Waals surface area contributed by atoms with Crippen LogP contribution in [0.1, 0.15) is 11.7 Å². The van der Waals surface area contributed by atoms with Gasteiger partial charge in [-0.15, -0.1) is 0 Å². The summed E-state index contributed by atoms with van der Waals surface area (Å²) in [7, 11) is 0. The van der Waals surface area contributed by atoms with E-state index in [2.05, 4.69) is 6.58 Å². The maximum Gasteiger partial charge on any atom is 0.333 e. The standard InChI is InChI=1S/C10H9FO3/c1-6(10(13)14)9(12)7-2-4-8(11)5-3-7/h2-5,9,12H,1H2,(H,13,14)/t9-/m0/s1. The van der Waals surface area contributed by atoms with E-state index >= 15 is 0 Å². The summed E-state index contributed by atoms with van der Waals surface area (Å²) in [5.41, 5.74) is -0.0320. The van der Waals surface area contributed by atoms with Crippen LogP contribution in [0.4, 0.5) is 4.39 Å². The van der Waals surface area contributed by atoms with E-state index in [-0.39, 0.29) is 5.57 Å². The highest BCUT2D eigenvalue weighted by Crippen LogP contribution is 2.20. The van der Waals surface area contributed by atoms with Gasteiger partial charge in [0.25, 0.3) is 0 Å². The van der Waals surface area contributed by atoms with Gasteiger partial charge >= 0.3 is 5.97 Å². The first-order valence-corrected chi connectivity index (χ1v) is 3.88. The first kappa shape index (κ1) is 10.4. The van der Waals surface area contributed by atoms with E-state index in [0.29, 0.717) is 5.56 Å². The van der Waals surface area contributed by atoms with Crippen molar-refractivity contribution in [1.29, 1.82) is 0 Å². The minimum absolute atomic E-state index is 0.304. The Labute approximate surface area is 80.1 Å². The van der Waals surface area contributed by atoms with Crippen LogP contribution in [-0.2, 0) is 4.79 Å². The minimum Gasteiger partial charge on any atom is -0.478 e. The number of aliphatic hydroxyl groups excluding tert-OH is 1. The Morgan fingerprint density at radius 2 is 1.86 bits per heavy atom. The molecule has 0 aliphatic heterocycles. The van der Waals surface area contributed by atoms with Crippen LogP contribution < -0.4 is 0 Å². The Morgan fingerprint density at radius 1 is 1.36 bits per heavy atom. The summed E-state index contributed by atoms with van der Waals surface area (Å²) in [6.45, 7) is 3.21. The molecule has 0 amide bonds. The number of carboxylic acid groups (broad SMARTS) is 1. The number of hydrogen-bond acceptors (Lipinski definition) is 2. The van der Waals surface area contributed by atoms with Crippen molar-refractivity contribution in [2.45, 2.75) is 6.10 Å². The number of hydrogen-bond donors (Lipinski definition) is 2.